The van der Waals surface area contributed by atoms with Crippen LogP contribution < -0.4 is 5.32 Å². The number of carbonyl (C=O) groups is 1. The number of amides is 1. The van der Waals surface area contributed by atoms with Crippen LogP contribution in [-0.2, 0) is 12.6 Å². The lowest BCUT2D eigenvalue weighted by Gasteiger charge is -2.09. The first kappa shape index (κ1) is 18.5. The Morgan fingerprint density at radius 3 is 2.63 bits per heavy atom. The second-order valence-corrected chi connectivity index (χ2v) is 5.69. The van der Waals surface area contributed by atoms with Crippen molar-refractivity contribution in [1.29, 1.82) is 0 Å². The van der Waals surface area contributed by atoms with Gasteiger partial charge in [0, 0.05) is 36.6 Å². The SMILES string of the molecule is O=C(NCCc1cccc(-c2cccc(C(F)(F)F)c2)n1)c1cnccn1. The van der Waals surface area contributed by atoms with Crippen LogP contribution in [0.4, 0.5) is 13.2 Å². The topological polar surface area (TPSA) is 67.8 Å². The number of alkyl halides is 3. The Kier molecular flexibility index (Phi) is 5.44. The van der Waals surface area contributed by atoms with E-state index in [2.05, 4.69) is 20.3 Å². The fourth-order valence-electron chi connectivity index (χ4n) is 2.45. The van der Waals surface area contributed by atoms with Gasteiger partial charge in [-0.1, -0.05) is 18.2 Å². The van der Waals surface area contributed by atoms with E-state index in [4.69, 9.17) is 0 Å². The van der Waals surface area contributed by atoms with E-state index in [1.165, 1.54) is 24.7 Å². The van der Waals surface area contributed by atoms with Crippen LogP contribution in [0.2, 0.25) is 0 Å². The summed E-state index contributed by atoms with van der Waals surface area (Å²) in [5, 5.41) is 2.71. The zero-order chi connectivity index (χ0) is 19.3. The molecule has 0 atom stereocenters. The number of nitrogens with zero attached hydrogens (tertiary/aromatic N) is 3. The van der Waals surface area contributed by atoms with E-state index in [9.17, 15) is 18.0 Å². The second-order valence-electron chi connectivity index (χ2n) is 5.69. The van der Waals surface area contributed by atoms with Gasteiger partial charge < -0.3 is 5.32 Å². The van der Waals surface area contributed by atoms with Gasteiger partial charge in [0.15, 0.2) is 0 Å². The number of carbonyl (C=O) groups excluding carboxylic acids is 1. The lowest BCUT2D eigenvalue weighted by atomic mass is 10.1. The first-order chi connectivity index (χ1) is 12.9. The van der Waals surface area contributed by atoms with Crippen molar-refractivity contribution in [2.24, 2.45) is 0 Å². The van der Waals surface area contributed by atoms with Crippen LogP contribution >= 0.6 is 0 Å². The normalized spacial score (nSPS) is 11.2. The smallest absolute Gasteiger partial charge is 0.350 e. The molecule has 1 N–H and O–H groups in total. The molecular formula is C19H15F3N4O. The zero-order valence-corrected chi connectivity index (χ0v) is 14.1. The molecule has 0 aliphatic carbocycles. The van der Waals surface area contributed by atoms with Crippen LogP contribution in [0.1, 0.15) is 21.7 Å². The molecule has 0 saturated heterocycles. The molecular weight excluding hydrogens is 357 g/mol. The van der Waals surface area contributed by atoms with Crippen LogP contribution in [0.25, 0.3) is 11.3 Å². The van der Waals surface area contributed by atoms with Crippen LogP contribution in [0.5, 0.6) is 0 Å². The Morgan fingerprint density at radius 2 is 1.89 bits per heavy atom. The maximum Gasteiger partial charge on any atom is 0.416 e. The highest BCUT2D eigenvalue weighted by atomic mass is 19.4. The molecule has 0 aliphatic heterocycles. The highest BCUT2D eigenvalue weighted by Crippen LogP contribution is 2.31. The maximum absolute atomic E-state index is 12.9. The van der Waals surface area contributed by atoms with Crippen LogP contribution in [0.3, 0.4) is 0 Å². The van der Waals surface area contributed by atoms with Crippen molar-refractivity contribution in [3.05, 3.63) is 78.0 Å². The zero-order valence-electron chi connectivity index (χ0n) is 14.1. The Hall–Kier alpha value is -3.29. The van der Waals surface area contributed by atoms with Crippen molar-refractivity contribution in [3.8, 4) is 11.3 Å². The van der Waals surface area contributed by atoms with E-state index in [0.29, 0.717) is 29.9 Å². The molecule has 5 nitrogen and oxygen atoms in total. The fraction of sp³-hybridized carbons (Fsp3) is 0.158. The van der Waals surface area contributed by atoms with Gasteiger partial charge in [-0.15, -0.1) is 0 Å². The van der Waals surface area contributed by atoms with E-state index >= 15 is 0 Å². The molecule has 2 aromatic heterocycles. The molecule has 0 spiro atoms. The van der Waals surface area contributed by atoms with Crippen LogP contribution in [0.15, 0.2) is 61.1 Å². The van der Waals surface area contributed by atoms with E-state index in [1.54, 1.807) is 24.3 Å². The first-order valence-electron chi connectivity index (χ1n) is 8.11. The molecule has 0 radical (unpaired) electrons. The summed E-state index contributed by atoms with van der Waals surface area (Å²) in [5.41, 5.74) is 0.977. The molecule has 27 heavy (non-hydrogen) atoms. The maximum atomic E-state index is 12.9. The van der Waals surface area contributed by atoms with Crippen molar-refractivity contribution in [2.45, 2.75) is 12.6 Å². The monoisotopic (exact) mass is 372 g/mol. The second kappa shape index (κ2) is 7.94. The minimum Gasteiger partial charge on any atom is -0.350 e. The van der Waals surface area contributed by atoms with Crippen LogP contribution in [-0.4, -0.2) is 27.4 Å². The van der Waals surface area contributed by atoms with E-state index < -0.39 is 11.7 Å². The van der Waals surface area contributed by atoms with Gasteiger partial charge in [0.25, 0.3) is 5.91 Å². The first-order valence-corrected chi connectivity index (χ1v) is 8.11. The van der Waals surface area contributed by atoms with E-state index in [-0.39, 0.29) is 11.6 Å². The van der Waals surface area contributed by atoms with Gasteiger partial charge in [-0.3, -0.25) is 14.8 Å². The lowest BCUT2D eigenvalue weighted by molar-refractivity contribution is -0.137. The highest BCUT2D eigenvalue weighted by Gasteiger charge is 2.30. The average molecular weight is 372 g/mol. The summed E-state index contributed by atoms with van der Waals surface area (Å²) in [4.78, 5) is 24.0. The molecule has 0 aliphatic rings. The van der Waals surface area contributed by atoms with Gasteiger partial charge in [-0.05, 0) is 24.3 Å². The number of nitrogens with one attached hydrogen (secondary N) is 1. The molecule has 8 heteroatoms. The number of hydrogen-bond donors (Lipinski definition) is 1. The van der Waals surface area contributed by atoms with Gasteiger partial charge in [0.2, 0.25) is 0 Å². The van der Waals surface area contributed by atoms with Crippen LogP contribution in [0, 0.1) is 0 Å². The van der Waals surface area contributed by atoms with Crippen molar-refractivity contribution in [1.82, 2.24) is 20.3 Å². The summed E-state index contributed by atoms with van der Waals surface area (Å²) in [6, 6.07) is 10.2. The van der Waals surface area contributed by atoms with Crippen molar-refractivity contribution in [3.63, 3.8) is 0 Å². The standard InChI is InChI=1S/C19H15F3N4O/c20-19(21,22)14-4-1-3-13(11-14)16-6-2-5-15(26-16)7-8-25-18(27)17-12-23-9-10-24-17/h1-6,9-12H,7-8H2,(H,25,27). The van der Waals surface area contributed by atoms with Gasteiger partial charge in [-0.25, -0.2) is 4.98 Å². The molecule has 0 fully saturated rings. The third kappa shape index (κ3) is 4.87. The van der Waals surface area contributed by atoms with E-state index in [0.717, 1.165) is 12.1 Å². The average Bonchev–Trinajstić information content (AvgIpc) is 2.68. The summed E-state index contributed by atoms with van der Waals surface area (Å²) >= 11 is 0. The predicted octanol–water partition coefficient (Wildman–Crippen LogP) is 3.53. The van der Waals surface area contributed by atoms with Gasteiger partial charge in [-0.2, -0.15) is 13.2 Å². The summed E-state index contributed by atoms with van der Waals surface area (Å²) in [5.74, 6) is -0.350. The van der Waals surface area contributed by atoms with E-state index in [1.807, 2.05) is 0 Å². The summed E-state index contributed by atoms with van der Waals surface area (Å²) in [6.07, 6.45) is 0.286. The third-order valence-electron chi connectivity index (χ3n) is 3.75. The van der Waals surface area contributed by atoms with Gasteiger partial charge in [0.05, 0.1) is 17.5 Å². The number of pyridine rings is 1. The predicted molar refractivity (Wildman–Crippen MR) is 92.7 cm³/mol. The quantitative estimate of drug-likeness (QED) is 0.744. The minimum absolute atomic E-state index is 0.211. The Balaban J connectivity index is 1.67. The summed E-state index contributed by atoms with van der Waals surface area (Å²) in [6.45, 7) is 0.314. The number of benzene rings is 1. The highest BCUT2D eigenvalue weighted by molar-refractivity contribution is 5.91. The summed E-state index contributed by atoms with van der Waals surface area (Å²) in [7, 11) is 0. The molecule has 138 valence electrons. The molecule has 1 aromatic carbocycles. The Morgan fingerprint density at radius 1 is 1.07 bits per heavy atom. The number of hydrogen-bond acceptors (Lipinski definition) is 4. The van der Waals surface area contributed by atoms with Gasteiger partial charge >= 0.3 is 6.18 Å². The van der Waals surface area contributed by atoms with Crippen molar-refractivity contribution < 1.29 is 18.0 Å². The summed E-state index contributed by atoms with van der Waals surface area (Å²) < 4.78 is 38.6. The number of rotatable bonds is 5. The fourth-order valence-corrected chi connectivity index (χ4v) is 2.45. The van der Waals surface area contributed by atoms with Crippen molar-refractivity contribution in [2.75, 3.05) is 6.54 Å². The number of aromatic nitrogens is 3. The molecule has 3 rings (SSSR count). The number of halogens is 3. The molecule has 2 heterocycles. The minimum atomic E-state index is -4.40. The Labute approximate surface area is 153 Å². The molecule has 1 amide bonds. The third-order valence-corrected chi connectivity index (χ3v) is 3.75. The van der Waals surface area contributed by atoms with Crippen molar-refractivity contribution >= 4 is 5.91 Å². The molecule has 0 bridgehead atoms. The molecule has 0 saturated carbocycles. The molecule has 3 aromatic rings. The largest absolute Gasteiger partial charge is 0.416 e. The molecule has 0 unspecified atom stereocenters. The Bertz CT molecular complexity index is 929. The lowest BCUT2D eigenvalue weighted by Crippen LogP contribution is -2.26. The van der Waals surface area contributed by atoms with Gasteiger partial charge in [0.1, 0.15) is 5.69 Å².